The van der Waals surface area contributed by atoms with E-state index in [9.17, 15) is 19.2 Å². The van der Waals surface area contributed by atoms with Crippen LogP contribution in [0.1, 0.15) is 56.9 Å². The van der Waals surface area contributed by atoms with Crippen molar-refractivity contribution in [2.75, 3.05) is 13.1 Å². The Morgan fingerprint density at radius 1 is 0.921 bits per heavy atom. The van der Waals surface area contributed by atoms with Crippen LogP contribution in [0.15, 0.2) is 29.1 Å². The molecule has 0 saturated carbocycles. The highest BCUT2D eigenvalue weighted by molar-refractivity contribution is 7.16. The standard InChI is InChI=1S/C27H34N2O7S2/c1-26(2,3)35-24(32)29(15-12-18-8-9-19(37-18)13-16-30)14-11-17-7-10-20(21-22(17)38-23(31)28-21)34-25(33)36-27(4,5)6/h7-10,16H,11-15H2,1-6H3,(H,28,31). The second-order valence-electron chi connectivity index (χ2n) is 10.7. The highest BCUT2D eigenvalue weighted by Gasteiger charge is 2.24. The third-order valence-electron chi connectivity index (χ3n) is 5.14. The van der Waals surface area contributed by atoms with Gasteiger partial charge in [-0.15, -0.1) is 11.3 Å². The monoisotopic (exact) mass is 562 g/mol. The fraction of sp³-hybridized carbons (Fsp3) is 0.481. The molecule has 0 atom stereocenters. The summed E-state index contributed by atoms with van der Waals surface area (Å²) in [5.41, 5.74) is -0.127. The molecule has 0 aliphatic heterocycles. The number of thiazole rings is 1. The molecular formula is C27H34N2O7S2. The number of carbonyl (C=O) groups excluding carboxylic acids is 3. The molecule has 0 spiro atoms. The number of aromatic nitrogens is 1. The third-order valence-corrected chi connectivity index (χ3v) is 7.26. The fourth-order valence-electron chi connectivity index (χ4n) is 3.58. The zero-order valence-corrected chi connectivity index (χ0v) is 24.2. The molecule has 1 aromatic carbocycles. The Bertz CT molecular complexity index is 1340. The summed E-state index contributed by atoms with van der Waals surface area (Å²) in [5.74, 6) is 0.198. The molecule has 1 N–H and O–H groups in total. The van der Waals surface area contributed by atoms with Gasteiger partial charge in [0.25, 0.3) is 0 Å². The Balaban J connectivity index is 1.78. The van der Waals surface area contributed by atoms with Gasteiger partial charge in [-0.25, -0.2) is 9.59 Å². The van der Waals surface area contributed by atoms with Crippen molar-refractivity contribution in [1.82, 2.24) is 9.88 Å². The lowest BCUT2D eigenvalue weighted by atomic mass is 10.1. The molecule has 3 aromatic rings. The van der Waals surface area contributed by atoms with Crippen LogP contribution in [-0.4, -0.2) is 52.7 Å². The largest absolute Gasteiger partial charge is 0.514 e. The second kappa shape index (κ2) is 12.1. The minimum atomic E-state index is -0.862. The number of fused-ring (bicyclic) bond motifs is 1. The lowest BCUT2D eigenvalue weighted by Gasteiger charge is -2.27. The number of H-pyrrole nitrogens is 1. The van der Waals surface area contributed by atoms with Crippen LogP contribution in [0.25, 0.3) is 10.2 Å². The van der Waals surface area contributed by atoms with E-state index in [-0.39, 0.29) is 10.6 Å². The minimum Gasteiger partial charge on any atom is -0.444 e. The van der Waals surface area contributed by atoms with Crippen molar-refractivity contribution in [3.8, 4) is 5.75 Å². The number of thiophene rings is 1. The number of rotatable bonds is 9. The van der Waals surface area contributed by atoms with Crippen molar-refractivity contribution in [3.63, 3.8) is 0 Å². The van der Waals surface area contributed by atoms with Gasteiger partial charge in [-0.1, -0.05) is 17.4 Å². The number of amides is 1. The Kier molecular flexibility index (Phi) is 9.37. The average molecular weight is 563 g/mol. The van der Waals surface area contributed by atoms with Gasteiger partial charge in [0.1, 0.15) is 23.0 Å². The van der Waals surface area contributed by atoms with Gasteiger partial charge in [-0.05, 0) is 78.1 Å². The predicted molar refractivity (Wildman–Crippen MR) is 149 cm³/mol. The first-order chi connectivity index (χ1) is 17.7. The molecule has 3 rings (SSSR count). The van der Waals surface area contributed by atoms with Crippen LogP contribution in [0, 0.1) is 0 Å². The van der Waals surface area contributed by atoms with Gasteiger partial charge in [0.15, 0.2) is 5.75 Å². The van der Waals surface area contributed by atoms with E-state index in [1.54, 1.807) is 49.1 Å². The van der Waals surface area contributed by atoms with Gasteiger partial charge in [0.05, 0.1) is 4.70 Å². The molecule has 9 nitrogen and oxygen atoms in total. The Hall–Kier alpha value is -3.18. The van der Waals surface area contributed by atoms with E-state index >= 15 is 0 Å². The first kappa shape index (κ1) is 29.4. The topological polar surface area (TPSA) is 115 Å². The van der Waals surface area contributed by atoms with Crippen molar-refractivity contribution in [3.05, 3.63) is 49.3 Å². The number of aromatic amines is 1. The molecule has 0 unspecified atom stereocenters. The molecule has 0 radical (unpaired) electrons. The number of benzene rings is 1. The smallest absolute Gasteiger partial charge is 0.444 e. The maximum atomic E-state index is 13.0. The Morgan fingerprint density at radius 3 is 2.24 bits per heavy atom. The lowest BCUT2D eigenvalue weighted by molar-refractivity contribution is -0.107. The van der Waals surface area contributed by atoms with Crippen molar-refractivity contribution >= 4 is 51.4 Å². The number of aldehydes is 1. The highest BCUT2D eigenvalue weighted by Crippen LogP contribution is 2.30. The maximum absolute atomic E-state index is 13.0. The summed E-state index contributed by atoms with van der Waals surface area (Å²) in [5, 5.41) is 0. The summed E-state index contributed by atoms with van der Waals surface area (Å²) < 4.78 is 16.9. The zero-order chi connectivity index (χ0) is 28.1. The summed E-state index contributed by atoms with van der Waals surface area (Å²) in [7, 11) is 0. The predicted octanol–water partition coefficient (Wildman–Crippen LogP) is 5.73. The molecule has 2 aromatic heterocycles. The van der Waals surface area contributed by atoms with Gasteiger partial charge in [-0.2, -0.15) is 0 Å². The molecule has 0 aliphatic rings. The van der Waals surface area contributed by atoms with Crippen molar-refractivity contribution in [2.45, 2.75) is 72.0 Å². The van der Waals surface area contributed by atoms with Crippen molar-refractivity contribution in [2.24, 2.45) is 0 Å². The molecule has 0 aliphatic carbocycles. The number of hydrogen-bond donors (Lipinski definition) is 1. The van der Waals surface area contributed by atoms with Gasteiger partial charge in [-0.3, -0.25) is 4.79 Å². The summed E-state index contributed by atoms with van der Waals surface area (Å²) in [6.45, 7) is 11.4. The molecule has 11 heteroatoms. The van der Waals surface area contributed by atoms with Gasteiger partial charge < -0.3 is 28.9 Å². The van der Waals surface area contributed by atoms with Gasteiger partial charge in [0.2, 0.25) is 0 Å². The van der Waals surface area contributed by atoms with E-state index < -0.39 is 23.5 Å². The first-order valence-corrected chi connectivity index (χ1v) is 13.9. The van der Waals surface area contributed by atoms with E-state index in [1.807, 2.05) is 32.9 Å². The summed E-state index contributed by atoms with van der Waals surface area (Å²) in [4.78, 5) is 54.4. The number of ether oxygens (including phenoxy) is 3. The Labute approximate surface area is 229 Å². The number of carbonyl (C=O) groups is 3. The van der Waals surface area contributed by atoms with Crippen LogP contribution < -0.4 is 9.61 Å². The number of nitrogens with zero attached hydrogens (tertiary/aromatic N) is 1. The summed E-state index contributed by atoms with van der Waals surface area (Å²) in [6, 6.07) is 7.30. The van der Waals surface area contributed by atoms with Gasteiger partial charge in [0, 0.05) is 29.3 Å². The molecule has 0 saturated heterocycles. The molecule has 2 heterocycles. The molecule has 0 fully saturated rings. The molecule has 0 bridgehead atoms. The molecule has 38 heavy (non-hydrogen) atoms. The maximum Gasteiger partial charge on any atom is 0.514 e. The molecule has 1 amide bonds. The van der Waals surface area contributed by atoms with Crippen LogP contribution in [0.5, 0.6) is 5.75 Å². The third kappa shape index (κ3) is 8.70. The number of nitrogens with one attached hydrogen (secondary N) is 1. The van der Waals surface area contributed by atoms with Crippen molar-refractivity contribution in [1.29, 1.82) is 0 Å². The second-order valence-corrected chi connectivity index (χ2v) is 13.0. The van der Waals surface area contributed by atoms with Crippen LogP contribution >= 0.6 is 22.7 Å². The zero-order valence-electron chi connectivity index (χ0n) is 22.5. The molecule has 206 valence electrons. The first-order valence-electron chi connectivity index (χ1n) is 12.3. The van der Waals surface area contributed by atoms with E-state index in [0.717, 1.165) is 32.9 Å². The van der Waals surface area contributed by atoms with E-state index in [2.05, 4.69) is 4.98 Å². The summed E-state index contributed by atoms with van der Waals surface area (Å²) >= 11 is 2.57. The van der Waals surface area contributed by atoms with E-state index in [4.69, 9.17) is 14.2 Å². The lowest BCUT2D eigenvalue weighted by Crippen LogP contribution is -2.39. The Morgan fingerprint density at radius 2 is 1.58 bits per heavy atom. The molecular weight excluding hydrogens is 528 g/mol. The van der Waals surface area contributed by atoms with Crippen LogP contribution in [-0.2, 0) is 33.5 Å². The van der Waals surface area contributed by atoms with Crippen LogP contribution in [0.4, 0.5) is 9.59 Å². The quantitative estimate of drug-likeness (QED) is 0.201. The van der Waals surface area contributed by atoms with E-state index in [1.165, 1.54) is 0 Å². The fourth-order valence-corrected chi connectivity index (χ4v) is 5.42. The van der Waals surface area contributed by atoms with Gasteiger partial charge >= 0.3 is 17.1 Å². The summed E-state index contributed by atoms with van der Waals surface area (Å²) in [6.07, 6.45) is 1.05. The number of hydrogen-bond acceptors (Lipinski definition) is 9. The minimum absolute atomic E-state index is 0.198. The average Bonchev–Trinajstić information content (AvgIpc) is 3.38. The van der Waals surface area contributed by atoms with Crippen LogP contribution in [0.3, 0.4) is 0 Å². The SMILES string of the molecule is CC(C)(C)OC(=O)Oc1ccc(CCN(CCc2ccc(CC=O)s2)C(=O)OC(C)(C)C)c2sc(=O)[nH]c12. The normalized spacial score (nSPS) is 11.8. The van der Waals surface area contributed by atoms with Crippen molar-refractivity contribution < 1.29 is 28.6 Å². The highest BCUT2D eigenvalue weighted by atomic mass is 32.1. The van der Waals surface area contributed by atoms with Crippen LogP contribution in [0.2, 0.25) is 0 Å². The van der Waals surface area contributed by atoms with E-state index in [0.29, 0.717) is 42.6 Å².